The van der Waals surface area contributed by atoms with Crippen molar-refractivity contribution in [1.29, 1.82) is 0 Å². The highest BCUT2D eigenvalue weighted by Crippen LogP contribution is 2.16. The van der Waals surface area contributed by atoms with E-state index in [0.29, 0.717) is 17.5 Å². The zero-order valence-corrected chi connectivity index (χ0v) is 11.7. The summed E-state index contributed by atoms with van der Waals surface area (Å²) in [6.07, 6.45) is 0. The van der Waals surface area contributed by atoms with Gasteiger partial charge in [0.1, 0.15) is 5.01 Å². The summed E-state index contributed by atoms with van der Waals surface area (Å²) in [7, 11) is 0. The number of nitrogens with zero attached hydrogens (tertiary/aromatic N) is 6. The molecule has 2 heterocycles. The molecule has 1 N–H and O–H groups in total. The van der Waals surface area contributed by atoms with Gasteiger partial charge in [0.15, 0.2) is 0 Å². The van der Waals surface area contributed by atoms with Gasteiger partial charge >= 0.3 is 0 Å². The Morgan fingerprint density at radius 3 is 2.80 bits per heavy atom. The third-order valence-electron chi connectivity index (χ3n) is 2.60. The monoisotopic (exact) mass is 287 g/mol. The van der Waals surface area contributed by atoms with Crippen LogP contribution in [0, 0.1) is 0 Å². The fourth-order valence-corrected chi connectivity index (χ4v) is 2.33. The van der Waals surface area contributed by atoms with Crippen LogP contribution in [0.4, 0.5) is 0 Å². The maximum atomic E-state index is 4.33. The van der Waals surface area contributed by atoms with E-state index in [0.717, 1.165) is 17.1 Å². The van der Waals surface area contributed by atoms with Gasteiger partial charge in [-0.05, 0) is 11.8 Å². The SMILES string of the molecule is CCNCc1nnc(-n2nnc(-c3ccccc3)n2)s1. The lowest BCUT2D eigenvalue weighted by Crippen LogP contribution is -2.11. The first-order valence-electron chi connectivity index (χ1n) is 6.25. The van der Waals surface area contributed by atoms with Gasteiger partial charge in [-0.1, -0.05) is 53.4 Å². The zero-order valence-electron chi connectivity index (χ0n) is 10.9. The lowest BCUT2D eigenvalue weighted by molar-refractivity contribution is 0.695. The van der Waals surface area contributed by atoms with Gasteiger partial charge in [-0.3, -0.25) is 0 Å². The number of rotatable bonds is 5. The Kier molecular flexibility index (Phi) is 3.75. The molecule has 0 fully saturated rings. The molecule has 0 saturated carbocycles. The summed E-state index contributed by atoms with van der Waals surface area (Å²) >= 11 is 1.45. The van der Waals surface area contributed by atoms with Gasteiger partial charge in [0.25, 0.3) is 5.13 Å². The van der Waals surface area contributed by atoms with Gasteiger partial charge < -0.3 is 5.32 Å². The van der Waals surface area contributed by atoms with Crippen LogP contribution in [-0.4, -0.2) is 36.9 Å². The quantitative estimate of drug-likeness (QED) is 0.761. The predicted molar refractivity (Wildman–Crippen MR) is 75.4 cm³/mol. The number of aromatic nitrogens is 6. The number of nitrogens with one attached hydrogen (secondary N) is 1. The van der Waals surface area contributed by atoms with E-state index in [1.807, 2.05) is 37.3 Å². The molecule has 0 amide bonds. The molecule has 0 radical (unpaired) electrons. The van der Waals surface area contributed by atoms with E-state index < -0.39 is 0 Å². The Morgan fingerprint density at radius 1 is 1.15 bits per heavy atom. The Balaban J connectivity index is 1.81. The number of benzene rings is 1. The molecular formula is C12H13N7S. The summed E-state index contributed by atoms with van der Waals surface area (Å²) in [6, 6.07) is 9.72. The average Bonchev–Trinajstić information content (AvgIpc) is 3.15. The molecule has 0 atom stereocenters. The normalized spacial score (nSPS) is 10.8. The Hall–Kier alpha value is -2.19. The largest absolute Gasteiger partial charge is 0.311 e. The second-order valence-electron chi connectivity index (χ2n) is 4.03. The van der Waals surface area contributed by atoms with E-state index in [9.17, 15) is 0 Å². The van der Waals surface area contributed by atoms with Crippen LogP contribution in [0.1, 0.15) is 11.9 Å². The van der Waals surface area contributed by atoms with E-state index in [1.54, 1.807) is 0 Å². The molecule has 3 rings (SSSR count). The molecule has 2 aromatic heterocycles. The van der Waals surface area contributed by atoms with Crippen LogP contribution >= 0.6 is 11.3 Å². The van der Waals surface area contributed by atoms with Crippen LogP contribution in [-0.2, 0) is 6.54 Å². The molecule has 0 aliphatic rings. The predicted octanol–water partition coefficient (Wildman–Crippen LogP) is 1.29. The minimum Gasteiger partial charge on any atom is -0.311 e. The van der Waals surface area contributed by atoms with E-state index >= 15 is 0 Å². The zero-order chi connectivity index (χ0) is 13.8. The second-order valence-corrected chi connectivity index (χ2v) is 5.07. The van der Waals surface area contributed by atoms with Crippen LogP contribution in [0.25, 0.3) is 16.5 Å². The Morgan fingerprint density at radius 2 is 2.00 bits per heavy atom. The summed E-state index contributed by atoms with van der Waals surface area (Å²) in [5.41, 5.74) is 0.927. The van der Waals surface area contributed by atoms with Gasteiger partial charge in [-0.15, -0.1) is 20.4 Å². The smallest absolute Gasteiger partial charge is 0.253 e. The summed E-state index contributed by atoms with van der Waals surface area (Å²) in [4.78, 5) is 1.41. The first-order chi connectivity index (χ1) is 9.86. The highest BCUT2D eigenvalue weighted by molar-refractivity contribution is 7.13. The second kappa shape index (κ2) is 5.85. The fourth-order valence-electron chi connectivity index (χ4n) is 1.63. The van der Waals surface area contributed by atoms with Crippen molar-refractivity contribution in [2.24, 2.45) is 0 Å². The molecule has 102 valence electrons. The standard InChI is InChI=1S/C12H13N7S/c1-2-13-8-10-14-16-12(20-10)19-17-11(15-18-19)9-6-4-3-5-7-9/h3-7,13H,2,8H2,1H3. The van der Waals surface area contributed by atoms with Crippen molar-refractivity contribution in [3.05, 3.63) is 35.3 Å². The number of hydrogen-bond donors (Lipinski definition) is 1. The molecule has 0 aliphatic heterocycles. The van der Waals surface area contributed by atoms with Crippen LogP contribution in [0.5, 0.6) is 0 Å². The molecule has 7 nitrogen and oxygen atoms in total. The van der Waals surface area contributed by atoms with Crippen LogP contribution in [0.2, 0.25) is 0 Å². The molecule has 1 aromatic carbocycles. The molecular weight excluding hydrogens is 274 g/mol. The number of hydrogen-bond acceptors (Lipinski definition) is 7. The number of tetrazole rings is 1. The van der Waals surface area contributed by atoms with Crippen molar-refractivity contribution in [3.8, 4) is 16.5 Å². The first-order valence-corrected chi connectivity index (χ1v) is 7.07. The van der Waals surface area contributed by atoms with Gasteiger partial charge in [-0.2, -0.15) is 0 Å². The van der Waals surface area contributed by atoms with Crippen LogP contribution in [0.15, 0.2) is 30.3 Å². The van der Waals surface area contributed by atoms with Crippen molar-refractivity contribution in [2.75, 3.05) is 6.54 Å². The minimum atomic E-state index is 0.578. The third-order valence-corrected chi connectivity index (χ3v) is 3.49. The summed E-state index contributed by atoms with van der Waals surface area (Å²) in [5, 5.41) is 25.3. The Bertz CT molecular complexity index is 676. The van der Waals surface area contributed by atoms with Crippen LogP contribution < -0.4 is 5.32 Å². The van der Waals surface area contributed by atoms with Crippen molar-refractivity contribution in [2.45, 2.75) is 13.5 Å². The Labute approximate surface area is 119 Å². The molecule has 0 unspecified atom stereocenters. The van der Waals surface area contributed by atoms with Gasteiger partial charge in [0, 0.05) is 12.1 Å². The van der Waals surface area contributed by atoms with Gasteiger partial charge in [0.05, 0.1) is 0 Å². The van der Waals surface area contributed by atoms with E-state index in [1.165, 1.54) is 16.1 Å². The molecule has 0 bridgehead atoms. The van der Waals surface area contributed by atoms with Gasteiger partial charge in [-0.25, -0.2) is 0 Å². The maximum Gasteiger partial charge on any atom is 0.253 e. The first kappa shape index (κ1) is 12.8. The molecule has 0 aliphatic carbocycles. The van der Waals surface area contributed by atoms with Crippen molar-refractivity contribution in [3.63, 3.8) is 0 Å². The minimum absolute atomic E-state index is 0.578. The van der Waals surface area contributed by atoms with Crippen molar-refractivity contribution >= 4 is 11.3 Å². The van der Waals surface area contributed by atoms with E-state index in [4.69, 9.17) is 0 Å². The summed E-state index contributed by atoms with van der Waals surface area (Å²) < 4.78 is 0. The summed E-state index contributed by atoms with van der Waals surface area (Å²) in [5.74, 6) is 0.578. The third kappa shape index (κ3) is 2.70. The van der Waals surface area contributed by atoms with Crippen LogP contribution in [0.3, 0.4) is 0 Å². The average molecular weight is 287 g/mol. The highest BCUT2D eigenvalue weighted by atomic mass is 32.1. The topological polar surface area (TPSA) is 81.4 Å². The molecule has 3 aromatic rings. The molecule has 0 spiro atoms. The summed E-state index contributed by atoms with van der Waals surface area (Å²) in [6.45, 7) is 3.65. The maximum absolute atomic E-state index is 4.33. The van der Waals surface area contributed by atoms with Crippen molar-refractivity contribution < 1.29 is 0 Å². The van der Waals surface area contributed by atoms with E-state index in [-0.39, 0.29) is 0 Å². The van der Waals surface area contributed by atoms with Gasteiger partial charge in [0.2, 0.25) is 5.82 Å². The highest BCUT2D eigenvalue weighted by Gasteiger charge is 2.11. The lowest BCUT2D eigenvalue weighted by Gasteiger charge is -1.93. The van der Waals surface area contributed by atoms with E-state index in [2.05, 4.69) is 30.9 Å². The molecule has 20 heavy (non-hydrogen) atoms. The molecule has 8 heteroatoms. The fraction of sp³-hybridized carbons (Fsp3) is 0.250. The van der Waals surface area contributed by atoms with Crippen molar-refractivity contribution in [1.82, 2.24) is 35.7 Å². The molecule has 0 saturated heterocycles. The lowest BCUT2D eigenvalue weighted by atomic mass is 10.2.